The third-order valence-electron chi connectivity index (χ3n) is 3.27. The van der Waals surface area contributed by atoms with Gasteiger partial charge in [0, 0.05) is 10.5 Å². The van der Waals surface area contributed by atoms with Gasteiger partial charge in [0.25, 0.3) is 0 Å². The molecule has 0 radical (unpaired) electrons. The Morgan fingerprint density at radius 3 is 2.94 bits per heavy atom. The lowest BCUT2D eigenvalue weighted by Gasteiger charge is -2.19. The van der Waals surface area contributed by atoms with Crippen LogP contribution in [0.2, 0.25) is 0 Å². The van der Waals surface area contributed by atoms with Gasteiger partial charge in [-0.25, -0.2) is 4.39 Å². The summed E-state index contributed by atoms with van der Waals surface area (Å²) in [6.45, 7) is 5.31. The van der Waals surface area contributed by atoms with Crippen LogP contribution in [0.3, 0.4) is 0 Å². The summed E-state index contributed by atoms with van der Waals surface area (Å²) in [4.78, 5) is 0. The SMILES string of the molecule is CCCNC1c2c(Br)ccc(F)c2CC1C. The fourth-order valence-electron chi connectivity index (χ4n) is 2.48. The molecule has 2 unspecified atom stereocenters. The fraction of sp³-hybridized carbons (Fsp3) is 0.538. The van der Waals surface area contributed by atoms with Crippen molar-refractivity contribution >= 4 is 15.9 Å². The van der Waals surface area contributed by atoms with E-state index in [4.69, 9.17) is 0 Å². The molecule has 0 heterocycles. The van der Waals surface area contributed by atoms with Gasteiger partial charge in [0.15, 0.2) is 0 Å². The number of benzene rings is 1. The lowest BCUT2D eigenvalue weighted by Crippen LogP contribution is -2.24. The van der Waals surface area contributed by atoms with E-state index in [1.54, 1.807) is 6.07 Å². The molecule has 1 aliphatic rings. The molecular weight excluding hydrogens is 269 g/mol. The van der Waals surface area contributed by atoms with Crippen molar-refractivity contribution in [1.29, 1.82) is 0 Å². The molecule has 1 N–H and O–H groups in total. The summed E-state index contributed by atoms with van der Waals surface area (Å²) in [7, 11) is 0. The van der Waals surface area contributed by atoms with E-state index in [0.29, 0.717) is 12.0 Å². The summed E-state index contributed by atoms with van der Waals surface area (Å²) in [6.07, 6.45) is 1.94. The highest BCUT2D eigenvalue weighted by molar-refractivity contribution is 9.10. The number of rotatable bonds is 3. The second kappa shape index (κ2) is 4.84. The van der Waals surface area contributed by atoms with E-state index in [0.717, 1.165) is 35.0 Å². The van der Waals surface area contributed by atoms with Crippen LogP contribution >= 0.6 is 15.9 Å². The van der Waals surface area contributed by atoms with Gasteiger partial charge in [0.2, 0.25) is 0 Å². The first-order chi connectivity index (χ1) is 7.65. The first-order valence-corrected chi connectivity index (χ1v) is 6.64. The Hall–Kier alpha value is -0.410. The molecule has 0 saturated heterocycles. The largest absolute Gasteiger partial charge is 0.310 e. The molecular formula is C13H17BrFN. The van der Waals surface area contributed by atoms with Gasteiger partial charge >= 0.3 is 0 Å². The third kappa shape index (κ3) is 2.03. The van der Waals surface area contributed by atoms with Crippen molar-refractivity contribution < 1.29 is 4.39 Å². The lowest BCUT2D eigenvalue weighted by molar-refractivity contribution is 0.416. The second-order valence-electron chi connectivity index (χ2n) is 4.53. The smallest absolute Gasteiger partial charge is 0.126 e. The van der Waals surface area contributed by atoms with Gasteiger partial charge in [-0.05, 0) is 48.6 Å². The molecule has 1 aliphatic carbocycles. The Balaban J connectivity index is 2.35. The molecule has 1 aromatic rings. The Morgan fingerprint density at radius 1 is 1.50 bits per heavy atom. The van der Waals surface area contributed by atoms with Crippen LogP contribution in [0.25, 0.3) is 0 Å². The second-order valence-corrected chi connectivity index (χ2v) is 5.39. The average Bonchev–Trinajstić information content (AvgIpc) is 2.59. The van der Waals surface area contributed by atoms with Gasteiger partial charge in [-0.15, -0.1) is 0 Å². The first-order valence-electron chi connectivity index (χ1n) is 5.85. The van der Waals surface area contributed by atoms with Crippen molar-refractivity contribution in [1.82, 2.24) is 5.32 Å². The minimum atomic E-state index is -0.0640. The maximum atomic E-state index is 13.7. The Bertz CT molecular complexity index is 392. The number of fused-ring (bicyclic) bond motifs is 1. The van der Waals surface area contributed by atoms with Gasteiger partial charge in [-0.1, -0.05) is 29.8 Å². The van der Waals surface area contributed by atoms with Crippen molar-refractivity contribution in [2.24, 2.45) is 5.92 Å². The molecule has 1 nitrogen and oxygen atoms in total. The van der Waals surface area contributed by atoms with Crippen LogP contribution in [0, 0.1) is 11.7 Å². The Kier molecular flexibility index (Phi) is 3.65. The van der Waals surface area contributed by atoms with E-state index in [9.17, 15) is 4.39 Å². The Morgan fingerprint density at radius 2 is 2.25 bits per heavy atom. The van der Waals surface area contributed by atoms with E-state index in [2.05, 4.69) is 35.1 Å². The predicted molar refractivity (Wildman–Crippen MR) is 68.0 cm³/mol. The maximum absolute atomic E-state index is 13.7. The van der Waals surface area contributed by atoms with E-state index in [1.165, 1.54) is 0 Å². The van der Waals surface area contributed by atoms with Crippen LogP contribution in [0.5, 0.6) is 0 Å². The molecule has 2 atom stereocenters. The van der Waals surface area contributed by atoms with Gasteiger partial charge in [0.1, 0.15) is 5.82 Å². The summed E-state index contributed by atoms with van der Waals surface area (Å²) < 4.78 is 14.7. The molecule has 0 saturated carbocycles. The maximum Gasteiger partial charge on any atom is 0.126 e. The van der Waals surface area contributed by atoms with Crippen LogP contribution < -0.4 is 5.32 Å². The topological polar surface area (TPSA) is 12.0 Å². The van der Waals surface area contributed by atoms with Gasteiger partial charge in [0.05, 0.1) is 0 Å². The fourth-order valence-corrected chi connectivity index (χ4v) is 3.10. The predicted octanol–water partition coefficient (Wildman–Crippen LogP) is 3.82. The van der Waals surface area contributed by atoms with Crippen LogP contribution in [0.15, 0.2) is 16.6 Å². The molecule has 88 valence electrons. The van der Waals surface area contributed by atoms with E-state index in [1.807, 2.05) is 6.07 Å². The third-order valence-corrected chi connectivity index (χ3v) is 3.96. The Labute approximate surface area is 105 Å². The summed E-state index contributed by atoms with van der Waals surface area (Å²) in [5.41, 5.74) is 2.01. The van der Waals surface area contributed by atoms with E-state index < -0.39 is 0 Å². The molecule has 1 aromatic carbocycles. The van der Waals surface area contributed by atoms with E-state index >= 15 is 0 Å². The van der Waals surface area contributed by atoms with Crippen LogP contribution in [0.4, 0.5) is 4.39 Å². The summed E-state index contributed by atoms with van der Waals surface area (Å²) >= 11 is 3.53. The highest BCUT2D eigenvalue weighted by Crippen LogP contribution is 2.41. The molecule has 0 amide bonds. The van der Waals surface area contributed by atoms with Crippen LogP contribution in [-0.4, -0.2) is 6.54 Å². The molecule has 0 fully saturated rings. The van der Waals surface area contributed by atoms with Gasteiger partial charge in [-0.2, -0.15) is 0 Å². The monoisotopic (exact) mass is 285 g/mol. The van der Waals surface area contributed by atoms with Gasteiger partial charge < -0.3 is 5.32 Å². The zero-order valence-corrected chi connectivity index (χ0v) is 11.3. The molecule has 3 heteroatoms. The summed E-state index contributed by atoms with van der Waals surface area (Å²) in [5.74, 6) is 0.403. The molecule has 0 aliphatic heterocycles. The molecule has 0 bridgehead atoms. The highest BCUT2D eigenvalue weighted by atomic mass is 79.9. The number of halogens is 2. The first kappa shape index (κ1) is 12.1. The van der Waals surface area contributed by atoms with Crippen LogP contribution in [0.1, 0.15) is 37.4 Å². The van der Waals surface area contributed by atoms with Crippen molar-refractivity contribution in [2.75, 3.05) is 6.54 Å². The van der Waals surface area contributed by atoms with Crippen molar-refractivity contribution in [3.8, 4) is 0 Å². The zero-order valence-electron chi connectivity index (χ0n) is 9.69. The summed E-state index contributed by atoms with van der Waals surface area (Å²) in [6, 6.07) is 3.66. The normalized spacial score (nSPS) is 23.5. The van der Waals surface area contributed by atoms with Crippen LogP contribution in [-0.2, 0) is 6.42 Å². The zero-order chi connectivity index (χ0) is 11.7. The molecule has 0 spiro atoms. The van der Waals surface area contributed by atoms with Crippen molar-refractivity contribution in [2.45, 2.75) is 32.7 Å². The quantitative estimate of drug-likeness (QED) is 0.890. The lowest BCUT2D eigenvalue weighted by atomic mass is 10.0. The standard InChI is InChI=1S/C13H17BrFN/c1-3-6-16-13-8(2)7-9-11(15)5-4-10(14)12(9)13/h4-5,8,13,16H,3,6-7H2,1-2H3. The van der Waals surface area contributed by atoms with Gasteiger partial charge in [-0.3, -0.25) is 0 Å². The molecule has 16 heavy (non-hydrogen) atoms. The molecule has 0 aromatic heterocycles. The number of hydrogen-bond donors (Lipinski definition) is 1. The minimum absolute atomic E-state index is 0.0640. The number of nitrogens with one attached hydrogen (secondary N) is 1. The van der Waals surface area contributed by atoms with Crippen molar-refractivity contribution in [3.05, 3.63) is 33.5 Å². The highest BCUT2D eigenvalue weighted by Gasteiger charge is 2.32. The summed E-state index contributed by atoms with van der Waals surface area (Å²) in [5, 5.41) is 3.51. The minimum Gasteiger partial charge on any atom is -0.310 e. The number of hydrogen-bond acceptors (Lipinski definition) is 1. The molecule has 2 rings (SSSR count). The van der Waals surface area contributed by atoms with Crippen molar-refractivity contribution in [3.63, 3.8) is 0 Å². The average molecular weight is 286 g/mol. The van der Waals surface area contributed by atoms with E-state index in [-0.39, 0.29) is 5.82 Å².